The molecule has 0 radical (unpaired) electrons. The summed E-state index contributed by atoms with van der Waals surface area (Å²) in [4.78, 5) is 22.2. The summed E-state index contributed by atoms with van der Waals surface area (Å²) < 4.78 is 3.27. The van der Waals surface area contributed by atoms with Crippen LogP contribution >= 0.6 is 11.3 Å². The lowest BCUT2D eigenvalue weighted by Gasteiger charge is -2.09. The van der Waals surface area contributed by atoms with Crippen molar-refractivity contribution in [1.82, 2.24) is 29.4 Å². The molecule has 0 spiro atoms. The first kappa shape index (κ1) is 16.6. The predicted octanol–water partition coefficient (Wildman–Crippen LogP) is 3.29. The van der Waals surface area contributed by atoms with Crippen molar-refractivity contribution < 1.29 is 4.92 Å². The van der Waals surface area contributed by atoms with Gasteiger partial charge in [0.15, 0.2) is 11.5 Å². The van der Waals surface area contributed by atoms with E-state index in [0.29, 0.717) is 17.2 Å². The molecule has 10 heteroatoms. The van der Waals surface area contributed by atoms with Gasteiger partial charge in [-0.1, -0.05) is 0 Å². The van der Waals surface area contributed by atoms with Gasteiger partial charge in [-0.25, -0.2) is 14.5 Å². The third-order valence-corrected chi connectivity index (χ3v) is 5.85. The molecule has 0 bridgehead atoms. The van der Waals surface area contributed by atoms with Gasteiger partial charge in [0, 0.05) is 4.88 Å². The van der Waals surface area contributed by atoms with Gasteiger partial charge < -0.3 is 0 Å². The van der Waals surface area contributed by atoms with Gasteiger partial charge in [-0.05, 0) is 40.2 Å². The Bertz CT molecular complexity index is 1190. The maximum Gasteiger partial charge on any atom is 0.312 e. The fourth-order valence-corrected chi connectivity index (χ4v) is 4.23. The lowest BCUT2D eigenvalue weighted by molar-refractivity contribution is -0.386. The van der Waals surface area contributed by atoms with Crippen LogP contribution in [0.4, 0.5) is 5.69 Å². The quantitative estimate of drug-likeness (QED) is 0.404. The number of rotatable bonds is 3. The van der Waals surface area contributed by atoms with Crippen LogP contribution in [0.3, 0.4) is 0 Å². The summed E-state index contributed by atoms with van der Waals surface area (Å²) in [5.41, 5.74) is 2.81. The number of thiophene rings is 1. The van der Waals surface area contributed by atoms with Gasteiger partial charge in [0.1, 0.15) is 28.6 Å². The smallest absolute Gasteiger partial charge is 0.258 e. The number of nitro groups is 1. The molecule has 134 valence electrons. The zero-order valence-corrected chi connectivity index (χ0v) is 15.8. The highest BCUT2D eigenvalue weighted by Gasteiger charge is 2.27. The molecule has 0 N–H and O–H groups in total. The van der Waals surface area contributed by atoms with E-state index < -0.39 is 4.92 Å². The van der Waals surface area contributed by atoms with Gasteiger partial charge in [-0.2, -0.15) is 5.10 Å². The molecular formula is C16H17N7O2S. The van der Waals surface area contributed by atoms with Crippen LogP contribution in [0.25, 0.3) is 15.9 Å². The molecule has 4 heterocycles. The summed E-state index contributed by atoms with van der Waals surface area (Å²) in [6, 6.07) is -0.336. The summed E-state index contributed by atoms with van der Waals surface area (Å²) in [6.07, 6.45) is 1.65. The van der Waals surface area contributed by atoms with Crippen LogP contribution in [0.2, 0.25) is 0 Å². The highest BCUT2D eigenvalue weighted by atomic mass is 32.1. The minimum absolute atomic E-state index is 0.0361. The first-order chi connectivity index (χ1) is 12.3. The largest absolute Gasteiger partial charge is 0.312 e. The summed E-state index contributed by atoms with van der Waals surface area (Å²) in [5.74, 6) is 0.544. The normalized spacial score (nSPS) is 13.0. The summed E-state index contributed by atoms with van der Waals surface area (Å²) in [6.45, 7) is 9.33. The molecule has 0 saturated heterocycles. The van der Waals surface area contributed by atoms with Gasteiger partial charge in [-0.15, -0.1) is 16.4 Å². The number of aromatic nitrogens is 6. The van der Waals surface area contributed by atoms with Crippen LogP contribution in [0, 0.1) is 37.8 Å². The fraction of sp³-hybridized carbons (Fsp3) is 0.375. The fourth-order valence-electron chi connectivity index (χ4n) is 3.24. The van der Waals surface area contributed by atoms with Crippen molar-refractivity contribution in [3.63, 3.8) is 0 Å². The first-order valence-electron chi connectivity index (χ1n) is 8.10. The molecule has 4 rings (SSSR count). The maximum absolute atomic E-state index is 11.3. The molecule has 4 aromatic heterocycles. The molecule has 0 unspecified atom stereocenters. The molecule has 1 atom stereocenters. The number of hydrogen-bond donors (Lipinski definition) is 0. The Morgan fingerprint density at radius 3 is 2.62 bits per heavy atom. The lowest BCUT2D eigenvalue weighted by atomic mass is 10.2. The van der Waals surface area contributed by atoms with Crippen molar-refractivity contribution in [2.24, 2.45) is 0 Å². The first-order valence-corrected chi connectivity index (χ1v) is 8.92. The van der Waals surface area contributed by atoms with Gasteiger partial charge in [0.25, 0.3) is 0 Å². The standard InChI is InChI=1S/C16H17N7O2S/c1-7-11(5)26-16-12(7)15-18-14(20-21(15)6-17-16)10(4)22-9(3)13(23(24)25)8(2)19-22/h6,10H,1-5H3/t10-/m1/s1. The van der Waals surface area contributed by atoms with Crippen LogP contribution in [0.5, 0.6) is 0 Å². The van der Waals surface area contributed by atoms with E-state index in [1.807, 2.05) is 6.92 Å². The second-order valence-corrected chi connectivity index (χ2v) is 7.55. The SMILES string of the molecule is Cc1nn([C@H](C)c2nc3c4c(C)c(C)sc4ncn3n2)c(C)c1[N+](=O)[O-]. The minimum atomic E-state index is -0.400. The van der Waals surface area contributed by atoms with Crippen LogP contribution in [0.15, 0.2) is 6.33 Å². The van der Waals surface area contributed by atoms with Crippen molar-refractivity contribution in [2.75, 3.05) is 0 Å². The zero-order chi connectivity index (χ0) is 18.7. The Morgan fingerprint density at radius 1 is 1.23 bits per heavy atom. The van der Waals surface area contributed by atoms with Gasteiger partial charge in [0.05, 0.1) is 10.3 Å². The van der Waals surface area contributed by atoms with E-state index in [4.69, 9.17) is 4.98 Å². The highest BCUT2D eigenvalue weighted by Crippen LogP contribution is 2.32. The van der Waals surface area contributed by atoms with Crippen molar-refractivity contribution >= 4 is 32.9 Å². The van der Waals surface area contributed by atoms with E-state index in [-0.39, 0.29) is 11.7 Å². The van der Waals surface area contributed by atoms with E-state index in [2.05, 4.69) is 29.0 Å². The van der Waals surface area contributed by atoms with Crippen LogP contribution < -0.4 is 0 Å². The lowest BCUT2D eigenvalue weighted by Crippen LogP contribution is -2.12. The number of aryl methyl sites for hydroxylation is 3. The third kappa shape index (κ3) is 2.22. The highest BCUT2D eigenvalue weighted by molar-refractivity contribution is 7.18. The number of fused-ring (bicyclic) bond motifs is 3. The molecule has 26 heavy (non-hydrogen) atoms. The summed E-state index contributed by atoms with van der Waals surface area (Å²) in [7, 11) is 0. The topological polar surface area (TPSA) is 104 Å². The van der Waals surface area contributed by atoms with Gasteiger partial charge in [-0.3, -0.25) is 14.8 Å². The Morgan fingerprint density at radius 2 is 1.96 bits per heavy atom. The van der Waals surface area contributed by atoms with Crippen molar-refractivity contribution in [2.45, 2.75) is 40.7 Å². The molecule has 0 aliphatic rings. The molecule has 4 aromatic rings. The van der Waals surface area contributed by atoms with Crippen molar-refractivity contribution in [1.29, 1.82) is 0 Å². The van der Waals surface area contributed by atoms with E-state index in [1.54, 1.807) is 40.7 Å². The molecule has 0 amide bonds. The second-order valence-electron chi connectivity index (χ2n) is 6.34. The Hall–Kier alpha value is -2.88. The third-order valence-electron chi connectivity index (χ3n) is 4.73. The zero-order valence-electron chi connectivity index (χ0n) is 15.0. The molecular weight excluding hydrogens is 354 g/mol. The molecule has 0 fully saturated rings. The average molecular weight is 371 g/mol. The van der Waals surface area contributed by atoms with E-state index >= 15 is 0 Å². The Kier molecular flexibility index (Phi) is 3.55. The van der Waals surface area contributed by atoms with E-state index in [1.165, 1.54) is 4.88 Å². The summed E-state index contributed by atoms with van der Waals surface area (Å²) in [5, 5.41) is 21.1. The Balaban J connectivity index is 1.88. The van der Waals surface area contributed by atoms with E-state index in [9.17, 15) is 10.1 Å². The summed E-state index contributed by atoms with van der Waals surface area (Å²) >= 11 is 1.63. The van der Waals surface area contributed by atoms with E-state index in [0.717, 1.165) is 21.4 Å². The molecule has 0 aromatic carbocycles. The average Bonchev–Trinajstić information content (AvgIpc) is 3.21. The monoisotopic (exact) mass is 371 g/mol. The second kappa shape index (κ2) is 5.56. The predicted molar refractivity (Wildman–Crippen MR) is 97.8 cm³/mol. The van der Waals surface area contributed by atoms with Crippen molar-refractivity contribution in [3.05, 3.63) is 44.1 Å². The minimum Gasteiger partial charge on any atom is -0.258 e. The van der Waals surface area contributed by atoms with Gasteiger partial charge in [0.2, 0.25) is 0 Å². The molecule has 0 saturated carbocycles. The molecule has 9 nitrogen and oxygen atoms in total. The number of nitrogens with zero attached hydrogens (tertiary/aromatic N) is 7. The maximum atomic E-state index is 11.3. The van der Waals surface area contributed by atoms with Crippen molar-refractivity contribution in [3.8, 4) is 0 Å². The molecule has 0 aliphatic carbocycles. The van der Waals surface area contributed by atoms with Gasteiger partial charge >= 0.3 is 5.69 Å². The van der Waals surface area contributed by atoms with Crippen LogP contribution in [-0.4, -0.2) is 34.3 Å². The van der Waals surface area contributed by atoms with Crippen LogP contribution in [-0.2, 0) is 0 Å². The number of hydrogen-bond acceptors (Lipinski definition) is 7. The molecule has 0 aliphatic heterocycles. The Labute approximate surface area is 152 Å². The van der Waals surface area contributed by atoms with Crippen LogP contribution in [0.1, 0.15) is 40.6 Å².